The van der Waals surface area contributed by atoms with Crippen LogP contribution in [-0.2, 0) is 0 Å². The van der Waals surface area contributed by atoms with E-state index in [1.807, 2.05) is 0 Å². The Bertz CT molecular complexity index is 658. The first kappa shape index (κ1) is 16.0. The van der Waals surface area contributed by atoms with Crippen LogP contribution in [0.2, 0.25) is 20.1 Å². The molecule has 0 aliphatic rings. The van der Waals surface area contributed by atoms with Gasteiger partial charge in [0.05, 0.1) is 20.8 Å². The molecule has 0 aliphatic carbocycles. The number of carbonyl (C=O) groups is 1. The van der Waals surface area contributed by atoms with E-state index in [1.54, 1.807) is 36.4 Å². The van der Waals surface area contributed by atoms with Crippen molar-refractivity contribution in [2.45, 2.75) is 4.90 Å². The molecule has 0 heterocycles. The van der Waals surface area contributed by atoms with Gasteiger partial charge in [-0.2, -0.15) is 0 Å². The quantitative estimate of drug-likeness (QED) is 0.468. The van der Waals surface area contributed by atoms with Gasteiger partial charge in [0, 0.05) is 15.5 Å². The number of carbonyl (C=O) groups excluding carboxylic acids is 1. The number of hydrogen-bond acceptors (Lipinski definition) is 2. The highest BCUT2D eigenvalue weighted by Crippen LogP contribution is 2.31. The van der Waals surface area contributed by atoms with Crippen LogP contribution in [-0.4, -0.2) is 11.5 Å². The van der Waals surface area contributed by atoms with Crippen LogP contribution in [0.5, 0.6) is 0 Å². The molecule has 1 nitrogen and oxygen atoms in total. The van der Waals surface area contributed by atoms with E-state index in [-0.39, 0.29) is 11.5 Å². The smallest absolute Gasteiger partial charge is 0.173 e. The van der Waals surface area contributed by atoms with Gasteiger partial charge < -0.3 is 0 Å². The van der Waals surface area contributed by atoms with Crippen molar-refractivity contribution in [3.8, 4) is 0 Å². The van der Waals surface area contributed by atoms with E-state index in [2.05, 4.69) is 0 Å². The molecule has 2 aromatic rings. The van der Waals surface area contributed by atoms with Gasteiger partial charge in [0.25, 0.3) is 0 Å². The van der Waals surface area contributed by atoms with Gasteiger partial charge in [0.1, 0.15) is 0 Å². The predicted molar refractivity (Wildman–Crippen MR) is 88.0 cm³/mol. The Kier molecular flexibility index (Phi) is 5.65. The highest BCUT2D eigenvalue weighted by atomic mass is 35.5. The Morgan fingerprint density at radius 2 is 1.60 bits per heavy atom. The van der Waals surface area contributed by atoms with E-state index >= 15 is 0 Å². The SMILES string of the molecule is O=C(CSc1cc(Cl)ccc1Cl)c1ccc(Cl)c(Cl)c1. The van der Waals surface area contributed by atoms with Crippen LogP contribution in [0.15, 0.2) is 41.3 Å². The molecule has 6 heteroatoms. The third-order valence-electron chi connectivity index (χ3n) is 2.49. The Morgan fingerprint density at radius 1 is 0.900 bits per heavy atom. The second kappa shape index (κ2) is 7.06. The van der Waals surface area contributed by atoms with Crippen LogP contribution < -0.4 is 0 Å². The number of Topliss-reactive ketones (excluding diaryl/α,β-unsaturated/α-hetero) is 1. The van der Waals surface area contributed by atoms with Crippen molar-refractivity contribution in [1.29, 1.82) is 0 Å². The van der Waals surface area contributed by atoms with Crippen LogP contribution in [0.1, 0.15) is 10.4 Å². The van der Waals surface area contributed by atoms with Gasteiger partial charge in [0.2, 0.25) is 0 Å². The maximum Gasteiger partial charge on any atom is 0.173 e. The maximum atomic E-state index is 12.1. The second-order valence-corrected chi connectivity index (χ2v) is 6.59. The van der Waals surface area contributed by atoms with Crippen LogP contribution >= 0.6 is 58.2 Å². The van der Waals surface area contributed by atoms with Crippen molar-refractivity contribution >= 4 is 63.9 Å². The van der Waals surface area contributed by atoms with E-state index in [4.69, 9.17) is 46.4 Å². The van der Waals surface area contributed by atoms with Crippen LogP contribution in [0, 0.1) is 0 Å². The fourth-order valence-corrected chi connectivity index (χ4v) is 3.17. The number of benzene rings is 2. The van der Waals surface area contributed by atoms with Gasteiger partial charge in [-0.05, 0) is 36.4 Å². The van der Waals surface area contributed by atoms with Crippen molar-refractivity contribution in [1.82, 2.24) is 0 Å². The molecule has 0 radical (unpaired) electrons. The predicted octanol–water partition coefficient (Wildman–Crippen LogP) is 6.28. The summed E-state index contributed by atoms with van der Waals surface area (Å²) in [7, 11) is 0. The van der Waals surface area contributed by atoms with Crippen molar-refractivity contribution in [2.75, 3.05) is 5.75 Å². The van der Waals surface area contributed by atoms with Gasteiger partial charge in [-0.25, -0.2) is 0 Å². The lowest BCUT2D eigenvalue weighted by Gasteiger charge is -2.05. The largest absolute Gasteiger partial charge is 0.293 e. The normalized spacial score (nSPS) is 10.6. The Hall–Kier alpha value is -0.380. The van der Waals surface area contributed by atoms with E-state index in [9.17, 15) is 4.79 Å². The summed E-state index contributed by atoms with van der Waals surface area (Å²) in [5.41, 5.74) is 0.519. The molecule has 0 saturated carbocycles. The van der Waals surface area contributed by atoms with E-state index in [0.29, 0.717) is 25.7 Å². The average molecular weight is 366 g/mol. The molecule has 20 heavy (non-hydrogen) atoms. The lowest BCUT2D eigenvalue weighted by atomic mass is 10.1. The van der Waals surface area contributed by atoms with Gasteiger partial charge in [0.15, 0.2) is 5.78 Å². The van der Waals surface area contributed by atoms with Crippen LogP contribution in [0.4, 0.5) is 0 Å². The zero-order valence-corrected chi connectivity index (χ0v) is 13.8. The van der Waals surface area contributed by atoms with E-state index < -0.39 is 0 Å². The van der Waals surface area contributed by atoms with Crippen molar-refractivity contribution in [2.24, 2.45) is 0 Å². The third-order valence-corrected chi connectivity index (χ3v) is 4.96. The molecule has 0 N–H and O–H groups in total. The van der Waals surface area contributed by atoms with Crippen LogP contribution in [0.3, 0.4) is 0 Å². The summed E-state index contributed by atoms with van der Waals surface area (Å²) in [4.78, 5) is 12.9. The summed E-state index contributed by atoms with van der Waals surface area (Å²) in [5, 5.41) is 1.94. The van der Waals surface area contributed by atoms with Crippen molar-refractivity contribution in [3.63, 3.8) is 0 Å². The molecule has 0 atom stereocenters. The first-order chi connectivity index (χ1) is 9.47. The number of hydrogen-bond donors (Lipinski definition) is 0. The highest BCUT2D eigenvalue weighted by Gasteiger charge is 2.10. The van der Waals surface area contributed by atoms with Crippen molar-refractivity contribution < 1.29 is 4.79 Å². The standard InChI is InChI=1S/C14H8Cl4OS/c15-9-2-4-11(17)14(6-9)20-7-13(19)8-1-3-10(16)12(18)5-8/h1-6H,7H2. The molecule has 0 saturated heterocycles. The highest BCUT2D eigenvalue weighted by molar-refractivity contribution is 8.00. The van der Waals surface area contributed by atoms with E-state index in [1.165, 1.54) is 11.8 Å². The minimum Gasteiger partial charge on any atom is -0.293 e. The first-order valence-electron chi connectivity index (χ1n) is 5.53. The monoisotopic (exact) mass is 364 g/mol. The zero-order chi connectivity index (χ0) is 14.7. The van der Waals surface area contributed by atoms with Crippen LogP contribution in [0.25, 0.3) is 0 Å². The fraction of sp³-hybridized carbons (Fsp3) is 0.0714. The van der Waals surface area contributed by atoms with Gasteiger partial charge in [-0.3, -0.25) is 4.79 Å². The molecular weight excluding hydrogens is 358 g/mol. The molecule has 0 aliphatic heterocycles. The summed E-state index contributed by atoms with van der Waals surface area (Å²) in [6.45, 7) is 0. The molecule has 2 rings (SSSR count). The molecule has 104 valence electrons. The second-order valence-electron chi connectivity index (χ2n) is 3.92. The summed E-state index contributed by atoms with van der Waals surface area (Å²) in [6.07, 6.45) is 0. The molecule has 0 unspecified atom stereocenters. The lowest BCUT2D eigenvalue weighted by Crippen LogP contribution is -2.02. The molecule has 0 aromatic heterocycles. The fourth-order valence-electron chi connectivity index (χ4n) is 1.48. The first-order valence-corrected chi connectivity index (χ1v) is 8.03. The Morgan fingerprint density at radius 3 is 2.30 bits per heavy atom. The summed E-state index contributed by atoms with van der Waals surface area (Å²) in [6, 6.07) is 9.96. The maximum absolute atomic E-state index is 12.1. The van der Waals surface area contributed by atoms with Crippen molar-refractivity contribution in [3.05, 3.63) is 62.1 Å². The summed E-state index contributed by atoms with van der Waals surface area (Å²) >= 11 is 25.0. The number of rotatable bonds is 4. The third kappa shape index (κ3) is 4.06. The number of ketones is 1. The molecule has 0 fully saturated rings. The van der Waals surface area contributed by atoms with Gasteiger partial charge in [-0.15, -0.1) is 11.8 Å². The molecular formula is C14H8Cl4OS. The molecule has 0 spiro atoms. The Labute approximate surface area is 141 Å². The van der Waals surface area contributed by atoms with Gasteiger partial charge in [-0.1, -0.05) is 46.4 Å². The van der Waals surface area contributed by atoms with E-state index in [0.717, 1.165) is 4.90 Å². The minimum atomic E-state index is -0.0513. The molecule has 2 aromatic carbocycles. The Balaban J connectivity index is 2.08. The minimum absolute atomic E-state index is 0.0513. The van der Waals surface area contributed by atoms with Gasteiger partial charge >= 0.3 is 0 Å². The average Bonchev–Trinajstić information content (AvgIpc) is 2.42. The molecule has 0 amide bonds. The molecule has 0 bridgehead atoms. The topological polar surface area (TPSA) is 17.1 Å². The lowest BCUT2D eigenvalue weighted by molar-refractivity contribution is 0.102. The summed E-state index contributed by atoms with van der Waals surface area (Å²) < 4.78 is 0. The number of halogens is 4. The zero-order valence-electron chi connectivity index (χ0n) is 10.00. The summed E-state index contributed by atoms with van der Waals surface area (Å²) in [5.74, 6) is 0.197. The number of thioether (sulfide) groups is 1.